The highest BCUT2D eigenvalue weighted by Crippen LogP contribution is 2.29. The topological polar surface area (TPSA) is 67.3 Å². The number of carbonyl (C=O) groups excluding carboxylic acids is 1. The van der Waals surface area contributed by atoms with Gasteiger partial charge in [-0.2, -0.15) is 0 Å². The second-order valence-electron chi connectivity index (χ2n) is 5.89. The van der Waals surface area contributed by atoms with E-state index in [0.717, 1.165) is 28.4 Å². The van der Waals surface area contributed by atoms with E-state index < -0.39 is 0 Å². The number of anilines is 1. The molecule has 0 saturated carbocycles. The number of aryl methyl sites for hydroxylation is 1. The lowest BCUT2D eigenvalue weighted by molar-refractivity contribution is -0.119. The zero-order chi connectivity index (χ0) is 17.1. The molecule has 126 valence electrons. The van der Waals surface area contributed by atoms with Gasteiger partial charge in [0.1, 0.15) is 17.4 Å². The van der Waals surface area contributed by atoms with Crippen molar-refractivity contribution in [3.05, 3.63) is 46.9 Å². The third kappa shape index (κ3) is 3.23. The third-order valence-corrected chi connectivity index (χ3v) is 4.19. The number of rotatable bonds is 5. The maximum Gasteiger partial charge on any atom is 0.228 e. The van der Waals surface area contributed by atoms with Crippen molar-refractivity contribution >= 4 is 11.7 Å². The van der Waals surface area contributed by atoms with E-state index in [1.807, 2.05) is 38.2 Å². The Balaban J connectivity index is 1.97. The summed E-state index contributed by atoms with van der Waals surface area (Å²) in [6.45, 7) is 3.05. The summed E-state index contributed by atoms with van der Waals surface area (Å²) in [5.74, 6) is 2.33. The molecule has 1 aliphatic heterocycles. The molecule has 6 nitrogen and oxygen atoms in total. The minimum Gasteiger partial charge on any atom is -0.497 e. The first-order valence-electron chi connectivity index (χ1n) is 8.06. The minimum absolute atomic E-state index is 0.0961. The summed E-state index contributed by atoms with van der Waals surface area (Å²) in [5.41, 5.74) is 3.03. The number of hydrogen-bond donors (Lipinski definition) is 1. The summed E-state index contributed by atoms with van der Waals surface area (Å²) in [5, 5.41) is 3.06. The number of nitrogens with zero attached hydrogens (tertiary/aromatic N) is 3. The van der Waals surface area contributed by atoms with Crippen LogP contribution in [0.2, 0.25) is 0 Å². The van der Waals surface area contributed by atoms with Gasteiger partial charge in [0.25, 0.3) is 0 Å². The van der Waals surface area contributed by atoms with Gasteiger partial charge in [-0.05, 0) is 38.1 Å². The van der Waals surface area contributed by atoms with Crippen LogP contribution in [0.3, 0.4) is 0 Å². The number of nitrogens with one attached hydrogen (secondary N) is 1. The quantitative estimate of drug-likeness (QED) is 0.910. The molecule has 24 heavy (non-hydrogen) atoms. The lowest BCUT2D eigenvalue weighted by atomic mass is 10.0. The van der Waals surface area contributed by atoms with Gasteiger partial charge in [0.15, 0.2) is 0 Å². The fourth-order valence-electron chi connectivity index (χ4n) is 2.99. The molecule has 2 heterocycles. The van der Waals surface area contributed by atoms with Crippen LogP contribution in [0, 0.1) is 6.92 Å². The van der Waals surface area contributed by atoms with Crippen molar-refractivity contribution in [2.75, 3.05) is 19.1 Å². The molecule has 1 aromatic carbocycles. The van der Waals surface area contributed by atoms with Crippen LogP contribution in [0.1, 0.15) is 29.1 Å². The Morgan fingerprint density at radius 1 is 1.29 bits per heavy atom. The van der Waals surface area contributed by atoms with Gasteiger partial charge >= 0.3 is 0 Å². The number of methoxy groups -OCH3 is 1. The average molecular weight is 326 g/mol. The Morgan fingerprint density at radius 3 is 2.88 bits per heavy atom. The number of fused-ring (bicyclic) bond motifs is 1. The molecule has 3 rings (SSSR count). The van der Waals surface area contributed by atoms with Gasteiger partial charge in [0, 0.05) is 17.7 Å². The molecule has 0 atom stereocenters. The van der Waals surface area contributed by atoms with Crippen molar-refractivity contribution in [2.45, 2.75) is 32.9 Å². The molecule has 0 bridgehead atoms. The molecular formula is C18H22N4O2. The standard InChI is InChI=1S/C18H22N4O2/c1-12-15-7-8-17(23)22(18(15)21-16(20-12)10-19-2)11-13-5-4-6-14(9-13)24-3/h4-6,9,19H,7-8,10-11H2,1-3H3. The van der Waals surface area contributed by atoms with Crippen LogP contribution in [-0.2, 0) is 24.3 Å². The lowest BCUT2D eigenvalue weighted by Crippen LogP contribution is -2.36. The zero-order valence-corrected chi connectivity index (χ0v) is 14.3. The molecule has 0 radical (unpaired) electrons. The largest absolute Gasteiger partial charge is 0.497 e. The smallest absolute Gasteiger partial charge is 0.228 e. The fraction of sp³-hybridized carbons (Fsp3) is 0.389. The highest BCUT2D eigenvalue weighted by atomic mass is 16.5. The van der Waals surface area contributed by atoms with Crippen LogP contribution in [0.5, 0.6) is 5.75 Å². The van der Waals surface area contributed by atoms with E-state index in [1.54, 1.807) is 12.0 Å². The molecule has 6 heteroatoms. The molecule has 0 saturated heterocycles. The van der Waals surface area contributed by atoms with Crippen molar-refractivity contribution in [1.82, 2.24) is 15.3 Å². The Labute approximate surface area is 141 Å². The minimum atomic E-state index is 0.0961. The van der Waals surface area contributed by atoms with Crippen LogP contribution in [0.25, 0.3) is 0 Å². The maximum absolute atomic E-state index is 12.5. The van der Waals surface area contributed by atoms with E-state index >= 15 is 0 Å². The molecule has 0 spiro atoms. The molecule has 1 aromatic heterocycles. The number of aromatic nitrogens is 2. The third-order valence-electron chi connectivity index (χ3n) is 4.19. The molecular weight excluding hydrogens is 304 g/mol. The van der Waals surface area contributed by atoms with E-state index in [1.165, 1.54) is 0 Å². The van der Waals surface area contributed by atoms with Gasteiger partial charge in [0.05, 0.1) is 20.2 Å². The summed E-state index contributed by atoms with van der Waals surface area (Å²) < 4.78 is 5.27. The Hall–Kier alpha value is -2.47. The number of hydrogen-bond acceptors (Lipinski definition) is 5. The first-order valence-corrected chi connectivity index (χ1v) is 8.06. The highest BCUT2D eigenvalue weighted by Gasteiger charge is 2.28. The van der Waals surface area contributed by atoms with Crippen LogP contribution in [0.4, 0.5) is 5.82 Å². The molecule has 1 N–H and O–H groups in total. The van der Waals surface area contributed by atoms with Crippen LogP contribution >= 0.6 is 0 Å². The van der Waals surface area contributed by atoms with Crippen molar-refractivity contribution in [1.29, 1.82) is 0 Å². The second-order valence-corrected chi connectivity index (χ2v) is 5.89. The number of ether oxygens (including phenoxy) is 1. The SMILES string of the molecule is CNCc1nc(C)c2c(n1)N(Cc1cccc(OC)c1)C(=O)CC2. The van der Waals surface area contributed by atoms with Crippen molar-refractivity contribution in [3.8, 4) is 5.75 Å². The highest BCUT2D eigenvalue weighted by molar-refractivity contribution is 5.95. The van der Waals surface area contributed by atoms with Gasteiger partial charge in [-0.15, -0.1) is 0 Å². The summed E-state index contributed by atoms with van der Waals surface area (Å²) in [7, 11) is 3.50. The molecule has 0 unspecified atom stereocenters. The van der Waals surface area contributed by atoms with Crippen molar-refractivity contribution in [3.63, 3.8) is 0 Å². The maximum atomic E-state index is 12.5. The van der Waals surface area contributed by atoms with Gasteiger partial charge < -0.3 is 10.1 Å². The van der Waals surface area contributed by atoms with E-state index in [4.69, 9.17) is 4.74 Å². The van der Waals surface area contributed by atoms with Gasteiger partial charge in [-0.1, -0.05) is 12.1 Å². The Kier molecular flexibility index (Phi) is 4.76. The lowest BCUT2D eigenvalue weighted by Gasteiger charge is -2.29. The summed E-state index contributed by atoms with van der Waals surface area (Å²) in [4.78, 5) is 23.5. The Morgan fingerprint density at radius 2 is 2.12 bits per heavy atom. The molecule has 1 amide bonds. The number of benzene rings is 1. The first kappa shape index (κ1) is 16.4. The van der Waals surface area contributed by atoms with Crippen molar-refractivity contribution < 1.29 is 9.53 Å². The summed E-state index contributed by atoms with van der Waals surface area (Å²) >= 11 is 0. The van der Waals surface area contributed by atoms with Gasteiger partial charge in [0.2, 0.25) is 5.91 Å². The predicted molar refractivity (Wildman–Crippen MR) is 92.0 cm³/mol. The second kappa shape index (κ2) is 6.97. The van der Waals surface area contributed by atoms with Gasteiger partial charge in [-0.25, -0.2) is 9.97 Å². The molecule has 1 aliphatic rings. The number of carbonyl (C=O) groups is 1. The Bertz CT molecular complexity index is 761. The summed E-state index contributed by atoms with van der Waals surface area (Å²) in [6.07, 6.45) is 1.20. The monoisotopic (exact) mass is 326 g/mol. The van der Waals surface area contributed by atoms with Crippen LogP contribution in [0.15, 0.2) is 24.3 Å². The average Bonchev–Trinajstić information content (AvgIpc) is 2.58. The van der Waals surface area contributed by atoms with E-state index in [-0.39, 0.29) is 5.91 Å². The zero-order valence-electron chi connectivity index (χ0n) is 14.3. The van der Waals surface area contributed by atoms with Crippen LogP contribution < -0.4 is 15.0 Å². The van der Waals surface area contributed by atoms with Gasteiger partial charge in [-0.3, -0.25) is 9.69 Å². The predicted octanol–water partition coefficient (Wildman–Crippen LogP) is 1.99. The van der Waals surface area contributed by atoms with E-state index in [9.17, 15) is 4.79 Å². The van der Waals surface area contributed by atoms with Crippen molar-refractivity contribution in [2.24, 2.45) is 0 Å². The normalized spacial score (nSPS) is 13.8. The van der Waals surface area contributed by atoms with Crippen LogP contribution in [-0.4, -0.2) is 30.0 Å². The number of amides is 1. The molecule has 0 aliphatic carbocycles. The summed E-state index contributed by atoms with van der Waals surface area (Å²) in [6, 6.07) is 7.77. The van der Waals surface area contributed by atoms with E-state index in [2.05, 4.69) is 15.3 Å². The first-order chi connectivity index (χ1) is 11.6. The molecule has 2 aromatic rings. The van der Waals surface area contributed by atoms with E-state index in [0.29, 0.717) is 31.8 Å². The fourth-order valence-corrected chi connectivity index (χ4v) is 2.99. The molecule has 0 fully saturated rings.